The highest BCUT2D eigenvalue weighted by Crippen LogP contribution is 2.32. The van der Waals surface area contributed by atoms with Crippen molar-refractivity contribution < 1.29 is 18.7 Å². The van der Waals surface area contributed by atoms with Gasteiger partial charge in [0.25, 0.3) is 11.5 Å². The van der Waals surface area contributed by atoms with E-state index in [4.69, 9.17) is 14.1 Å². The van der Waals surface area contributed by atoms with Crippen LogP contribution in [-0.2, 0) is 9.53 Å². The molecule has 0 fully saturated rings. The first-order valence-electron chi connectivity index (χ1n) is 15.1. The van der Waals surface area contributed by atoms with E-state index in [1.165, 1.54) is 11.3 Å². The molecule has 0 saturated heterocycles. The summed E-state index contributed by atoms with van der Waals surface area (Å²) in [4.78, 5) is 45.1. The van der Waals surface area contributed by atoms with Crippen molar-refractivity contribution in [2.45, 2.75) is 39.7 Å². The van der Waals surface area contributed by atoms with Gasteiger partial charge < -0.3 is 14.5 Å². The van der Waals surface area contributed by atoms with Crippen LogP contribution < -0.4 is 20.2 Å². The molecule has 1 aliphatic rings. The molecule has 3 heterocycles. The van der Waals surface area contributed by atoms with Crippen molar-refractivity contribution in [2.24, 2.45) is 4.99 Å². The molecule has 0 saturated carbocycles. The standard InChI is InChI=1S/C37H33N3O5S/c1-5-44-36(43)27-17-13-25(14-18-27)30-20-19-29(45-30)21-31-35(42)40-33(26-15-11-24(12-16-26)22(2)3)32(23(4)38-37(40)46-31)34(41)39-28-9-7-6-8-10-28/h6-22,33H,5H2,1-4H3,(H,39,41)/b31-21-. The smallest absolute Gasteiger partial charge is 0.338 e. The molecule has 1 unspecified atom stereocenters. The topological polar surface area (TPSA) is 103 Å². The van der Waals surface area contributed by atoms with E-state index in [1.54, 1.807) is 54.8 Å². The number of hydrogen-bond acceptors (Lipinski definition) is 7. The largest absolute Gasteiger partial charge is 0.462 e. The van der Waals surface area contributed by atoms with E-state index in [-0.39, 0.29) is 17.4 Å². The number of carbonyl (C=O) groups is 2. The van der Waals surface area contributed by atoms with Gasteiger partial charge in [-0.1, -0.05) is 79.8 Å². The van der Waals surface area contributed by atoms with E-state index in [0.717, 1.165) is 16.7 Å². The maximum Gasteiger partial charge on any atom is 0.338 e. The van der Waals surface area contributed by atoms with Gasteiger partial charge >= 0.3 is 5.97 Å². The van der Waals surface area contributed by atoms with E-state index in [9.17, 15) is 14.4 Å². The van der Waals surface area contributed by atoms with Crippen LogP contribution in [0.15, 0.2) is 116 Å². The van der Waals surface area contributed by atoms with Crippen molar-refractivity contribution in [1.29, 1.82) is 0 Å². The number of esters is 1. The zero-order valence-electron chi connectivity index (χ0n) is 25.9. The third-order valence-electron chi connectivity index (χ3n) is 7.80. The molecule has 46 heavy (non-hydrogen) atoms. The first-order chi connectivity index (χ1) is 22.2. The third kappa shape index (κ3) is 6.14. The zero-order chi connectivity index (χ0) is 32.4. The first kappa shape index (κ1) is 30.7. The Morgan fingerprint density at radius 2 is 1.72 bits per heavy atom. The van der Waals surface area contributed by atoms with Crippen LogP contribution in [0.3, 0.4) is 0 Å². The van der Waals surface area contributed by atoms with Crippen LogP contribution in [0.1, 0.15) is 66.9 Å². The molecule has 1 N–H and O–H groups in total. The van der Waals surface area contributed by atoms with Gasteiger partial charge in [0.15, 0.2) is 4.80 Å². The summed E-state index contributed by atoms with van der Waals surface area (Å²) in [5, 5.41) is 2.99. The van der Waals surface area contributed by atoms with Crippen molar-refractivity contribution >= 4 is 35.0 Å². The monoisotopic (exact) mass is 631 g/mol. The molecule has 3 aromatic carbocycles. The van der Waals surface area contributed by atoms with E-state index in [0.29, 0.717) is 55.9 Å². The fraction of sp³-hybridized carbons (Fsp3) is 0.189. The van der Waals surface area contributed by atoms with Gasteiger partial charge in [0.2, 0.25) is 0 Å². The minimum absolute atomic E-state index is 0.268. The highest BCUT2D eigenvalue weighted by Gasteiger charge is 2.32. The molecule has 5 aromatic rings. The number of furan rings is 1. The number of anilines is 1. The van der Waals surface area contributed by atoms with Gasteiger partial charge in [0, 0.05) is 17.3 Å². The molecule has 0 radical (unpaired) electrons. The fourth-order valence-corrected chi connectivity index (χ4v) is 6.44. The second-order valence-corrected chi connectivity index (χ2v) is 12.2. The number of nitrogens with one attached hydrogen (secondary N) is 1. The lowest BCUT2D eigenvalue weighted by molar-refractivity contribution is -0.113. The molecule has 232 valence electrons. The molecular weight excluding hydrogens is 598 g/mol. The molecule has 0 spiro atoms. The summed E-state index contributed by atoms with van der Waals surface area (Å²) < 4.78 is 13.2. The van der Waals surface area contributed by atoms with Gasteiger partial charge in [-0.25, -0.2) is 9.79 Å². The quantitative estimate of drug-likeness (QED) is 0.199. The number of thiazole rings is 1. The second kappa shape index (κ2) is 13.0. The Kier molecular flexibility index (Phi) is 8.68. The third-order valence-corrected chi connectivity index (χ3v) is 8.78. The Hall–Kier alpha value is -5.28. The van der Waals surface area contributed by atoms with Crippen molar-refractivity contribution in [1.82, 2.24) is 4.57 Å². The molecule has 2 aromatic heterocycles. The molecule has 9 heteroatoms. The van der Waals surface area contributed by atoms with Crippen molar-refractivity contribution in [2.75, 3.05) is 11.9 Å². The number of nitrogens with zero attached hydrogens (tertiary/aromatic N) is 2. The van der Waals surface area contributed by atoms with Crippen LogP contribution in [-0.4, -0.2) is 23.1 Å². The number of ether oxygens (including phenoxy) is 1. The molecule has 8 nitrogen and oxygen atoms in total. The van der Waals surface area contributed by atoms with Crippen LogP contribution in [0.25, 0.3) is 17.4 Å². The Labute approximate surface area is 270 Å². The summed E-state index contributed by atoms with van der Waals surface area (Å²) in [6, 6.07) is 27.2. The van der Waals surface area contributed by atoms with E-state index in [1.807, 2.05) is 60.7 Å². The number of para-hydroxylation sites is 1. The van der Waals surface area contributed by atoms with Gasteiger partial charge in [-0.15, -0.1) is 0 Å². The highest BCUT2D eigenvalue weighted by atomic mass is 32.1. The molecule has 0 aliphatic carbocycles. The summed E-state index contributed by atoms with van der Waals surface area (Å²) in [5.41, 5.74) is 4.56. The van der Waals surface area contributed by atoms with Crippen molar-refractivity contribution in [3.63, 3.8) is 0 Å². The normalized spacial score (nSPS) is 14.6. The number of carbonyl (C=O) groups excluding carboxylic acids is 2. The van der Waals surface area contributed by atoms with Crippen molar-refractivity contribution in [3.8, 4) is 11.3 Å². The van der Waals surface area contributed by atoms with Crippen LogP contribution in [0.4, 0.5) is 5.69 Å². The van der Waals surface area contributed by atoms with Crippen LogP contribution in [0.5, 0.6) is 0 Å². The Morgan fingerprint density at radius 1 is 1.00 bits per heavy atom. The van der Waals surface area contributed by atoms with Gasteiger partial charge in [-0.05, 0) is 67.3 Å². The van der Waals surface area contributed by atoms with Crippen LogP contribution in [0.2, 0.25) is 0 Å². The van der Waals surface area contributed by atoms with E-state index in [2.05, 4.69) is 19.2 Å². The lowest BCUT2D eigenvalue weighted by Crippen LogP contribution is -2.40. The van der Waals surface area contributed by atoms with Crippen molar-refractivity contribution in [3.05, 3.63) is 144 Å². The number of benzene rings is 3. The average molecular weight is 632 g/mol. The van der Waals surface area contributed by atoms with Gasteiger partial charge in [-0.3, -0.25) is 14.2 Å². The summed E-state index contributed by atoms with van der Waals surface area (Å²) in [6.45, 7) is 8.12. The highest BCUT2D eigenvalue weighted by molar-refractivity contribution is 7.07. The molecule has 0 bridgehead atoms. The maximum atomic E-state index is 14.1. The second-order valence-electron chi connectivity index (χ2n) is 11.2. The van der Waals surface area contributed by atoms with Gasteiger partial charge in [0.1, 0.15) is 11.5 Å². The number of allylic oxidation sites excluding steroid dienone is 1. The molecule has 6 rings (SSSR count). The Bertz CT molecular complexity index is 2120. The number of rotatable bonds is 8. The predicted octanol–water partition coefficient (Wildman–Crippen LogP) is 6.43. The number of amides is 1. The SMILES string of the molecule is CCOC(=O)c1ccc(-c2ccc(/C=c3\sc4n(c3=O)C(c3ccc(C(C)C)cc3)C(C(=O)Nc3ccccc3)=C(C)N=4)o2)cc1. The summed E-state index contributed by atoms with van der Waals surface area (Å²) in [5.74, 6) is 0.723. The summed E-state index contributed by atoms with van der Waals surface area (Å²) >= 11 is 1.25. The number of aromatic nitrogens is 1. The summed E-state index contributed by atoms with van der Waals surface area (Å²) in [6.07, 6.45) is 1.70. The molecule has 1 aliphatic heterocycles. The Morgan fingerprint density at radius 3 is 2.39 bits per heavy atom. The zero-order valence-corrected chi connectivity index (χ0v) is 26.8. The van der Waals surface area contributed by atoms with Gasteiger partial charge in [-0.2, -0.15) is 0 Å². The number of hydrogen-bond donors (Lipinski definition) is 1. The fourth-order valence-electron chi connectivity index (χ4n) is 5.41. The maximum absolute atomic E-state index is 14.1. The predicted molar refractivity (Wildman–Crippen MR) is 179 cm³/mol. The summed E-state index contributed by atoms with van der Waals surface area (Å²) in [7, 11) is 0. The van der Waals surface area contributed by atoms with Crippen LogP contribution >= 0.6 is 11.3 Å². The van der Waals surface area contributed by atoms with Crippen LogP contribution in [0, 0.1) is 0 Å². The average Bonchev–Trinajstić information content (AvgIpc) is 3.65. The van der Waals surface area contributed by atoms with E-state index < -0.39 is 6.04 Å². The Balaban J connectivity index is 1.39. The van der Waals surface area contributed by atoms with Gasteiger partial charge in [0.05, 0.1) is 34.0 Å². The minimum Gasteiger partial charge on any atom is -0.462 e. The molecular formula is C37H33N3O5S. The lowest BCUT2D eigenvalue weighted by Gasteiger charge is -2.25. The minimum atomic E-state index is -0.673. The van der Waals surface area contributed by atoms with E-state index >= 15 is 0 Å². The first-order valence-corrected chi connectivity index (χ1v) is 15.9. The lowest BCUT2D eigenvalue weighted by atomic mass is 9.93. The molecule has 1 amide bonds. The number of fused-ring (bicyclic) bond motifs is 1. The molecule has 1 atom stereocenters.